The number of benzene rings is 1. The minimum absolute atomic E-state index is 0.180. The number of carbonyl (C=O) groups is 2. The number of ketones is 1. The van der Waals surface area contributed by atoms with Gasteiger partial charge in [0, 0.05) is 13.1 Å². The first-order valence-corrected chi connectivity index (χ1v) is 6.40. The SMILES string of the molecule is CN1CC(=O)C(C(=O)OB(O)c2cccc(CN)c2)C1. The molecule has 0 aliphatic carbocycles. The van der Waals surface area contributed by atoms with Gasteiger partial charge in [0.1, 0.15) is 5.92 Å². The molecule has 0 spiro atoms. The van der Waals surface area contributed by atoms with Crippen molar-refractivity contribution in [3.05, 3.63) is 29.8 Å². The number of nitrogens with two attached hydrogens (primary N) is 1. The van der Waals surface area contributed by atoms with Crippen molar-refractivity contribution in [1.82, 2.24) is 4.90 Å². The molecule has 0 bridgehead atoms. The molecule has 0 radical (unpaired) electrons. The number of likely N-dealkylation sites (tertiary alicyclic amines) is 1. The normalized spacial score (nSPS) is 19.1. The summed E-state index contributed by atoms with van der Waals surface area (Å²) in [5.74, 6) is -1.68. The molecule has 1 fully saturated rings. The maximum absolute atomic E-state index is 11.9. The maximum atomic E-state index is 11.9. The van der Waals surface area contributed by atoms with Gasteiger partial charge in [0.25, 0.3) is 0 Å². The lowest BCUT2D eigenvalue weighted by Crippen LogP contribution is -2.39. The topological polar surface area (TPSA) is 92.9 Å². The number of Topliss-reactive ketones (excluding diaryl/α,β-unsaturated/α-hetero) is 1. The summed E-state index contributed by atoms with van der Waals surface area (Å²) in [5.41, 5.74) is 6.79. The summed E-state index contributed by atoms with van der Waals surface area (Å²) in [7, 11) is 0.375. The largest absolute Gasteiger partial charge is 0.561 e. The first kappa shape index (κ1) is 14.7. The molecule has 0 aromatic heterocycles. The highest BCUT2D eigenvalue weighted by molar-refractivity contribution is 6.61. The molecule has 106 valence electrons. The summed E-state index contributed by atoms with van der Waals surface area (Å²) in [6, 6.07) is 6.84. The Morgan fingerprint density at radius 3 is 2.95 bits per heavy atom. The van der Waals surface area contributed by atoms with E-state index in [1.807, 2.05) is 6.07 Å². The van der Waals surface area contributed by atoms with Crippen molar-refractivity contribution in [3.8, 4) is 0 Å². The van der Waals surface area contributed by atoms with Crippen LogP contribution in [0.1, 0.15) is 5.56 Å². The third-order valence-electron chi connectivity index (χ3n) is 3.29. The maximum Gasteiger partial charge on any atom is 0.561 e. The van der Waals surface area contributed by atoms with Crippen LogP contribution in [0.25, 0.3) is 0 Å². The first-order valence-electron chi connectivity index (χ1n) is 6.40. The molecule has 6 nitrogen and oxygen atoms in total. The number of carbonyl (C=O) groups excluding carboxylic acids is 2. The summed E-state index contributed by atoms with van der Waals surface area (Å²) >= 11 is 0. The standard InChI is InChI=1S/C13H17BN2O4/c1-16-7-11(12(17)8-16)13(18)20-14(19)10-4-2-3-9(5-10)6-15/h2-5,11,19H,6-8,15H2,1H3. The van der Waals surface area contributed by atoms with Crippen LogP contribution in [0, 0.1) is 5.92 Å². The van der Waals surface area contributed by atoms with Crippen LogP contribution < -0.4 is 11.2 Å². The molecule has 0 amide bonds. The van der Waals surface area contributed by atoms with Gasteiger partial charge in [-0.2, -0.15) is 0 Å². The van der Waals surface area contributed by atoms with Crippen molar-refractivity contribution >= 4 is 24.3 Å². The van der Waals surface area contributed by atoms with Gasteiger partial charge in [-0.3, -0.25) is 14.5 Å². The Labute approximate surface area is 117 Å². The van der Waals surface area contributed by atoms with E-state index in [4.69, 9.17) is 10.4 Å². The quantitative estimate of drug-likeness (QED) is 0.514. The van der Waals surface area contributed by atoms with Crippen LogP contribution in [0.2, 0.25) is 0 Å². The average Bonchev–Trinajstić information content (AvgIpc) is 2.77. The van der Waals surface area contributed by atoms with E-state index in [-0.39, 0.29) is 12.3 Å². The van der Waals surface area contributed by atoms with E-state index >= 15 is 0 Å². The van der Waals surface area contributed by atoms with Gasteiger partial charge >= 0.3 is 13.1 Å². The predicted octanol–water partition coefficient (Wildman–Crippen LogP) is -1.49. The fourth-order valence-corrected chi connectivity index (χ4v) is 2.19. The highest BCUT2D eigenvalue weighted by atomic mass is 16.6. The first-order chi connectivity index (χ1) is 9.51. The van der Waals surface area contributed by atoms with Gasteiger partial charge in [-0.15, -0.1) is 0 Å². The molecular weight excluding hydrogens is 259 g/mol. The van der Waals surface area contributed by atoms with Gasteiger partial charge in [-0.05, 0) is 18.1 Å². The smallest absolute Gasteiger partial charge is 0.505 e. The summed E-state index contributed by atoms with van der Waals surface area (Å²) < 4.78 is 4.97. The van der Waals surface area contributed by atoms with E-state index in [1.165, 1.54) is 0 Å². The van der Waals surface area contributed by atoms with Gasteiger partial charge in [-0.1, -0.05) is 24.3 Å². The van der Waals surface area contributed by atoms with E-state index in [9.17, 15) is 14.6 Å². The number of rotatable bonds is 4. The number of hydrogen-bond donors (Lipinski definition) is 2. The lowest BCUT2D eigenvalue weighted by molar-refractivity contribution is -0.142. The molecule has 1 saturated heterocycles. The van der Waals surface area contributed by atoms with E-state index in [0.29, 0.717) is 18.6 Å². The lowest BCUT2D eigenvalue weighted by Gasteiger charge is -2.12. The fraction of sp³-hybridized carbons (Fsp3) is 0.385. The van der Waals surface area contributed by atoms with Crippen LogP contribution >= 0.6 is 0 Å². The van der Waals surface area contributed by atoms with Crippen LogP contribution in [-0.4, -0.2) is 48.9 Å². The second-order valence-electron chi connectivity index (χ2n) is 4.95. The summed E-state index contributed by atoms with van der Waals surface area (Å²) in [4.78, 5) is 25.2. The average molecular weight is 276 g/mol. The molecule has 1 aliphatic heterocycles. The van der Waals surface area contributed by atoms with Crippen molar-refractivity contribution in [1.29, 1.82) is 0 Å². The Bertz CT molecular complexity index is 523. The van der Waals surface area contributed by atoms with Crippen LogP contribution in [0.3, 0.4) is 0 Å². The Kier molecular flexibility index (Phi) is 4.54. The Morgan fingerprint density at radius 2 is 2.35 bits per heavy atom. The van der Waals surface area contributed by atoms with Gasteiger partial charge in [-0.25, -0.2) is 0 Å². The third-order valence-corrected chi connectivity index (χ3v) is 3.29. The molecule has 3 N–H and O–H groups in total. The summed E-state index contributed by atoms with van der Waals surface area (Å²) in [5, 5.41) is 9.91. The minimum Gasteiger partial charge on any atom is -0.505 e. The fourth-order valence-electron chi connectivity index (χ4n) is 2.19. The molecule has 20 heavy (non-hydrogen) atoms. The lowest BCUT2D eigenvalue weighted by atomic mass is 9.78. The molecule has 1 unspecified atom stereocenters. The molecule has 1 heterocycles. The second kappa shape index (κ2) is 6.17. The van der Waals surface area contributed by atoms with Gasteiger partial charge in [0.2, 0.25) is 0 Å². The zero-order chi connectivity index (χ0) is 14.7. The Morgan fingerprint density at radius 1 is 1.60 bits per heavy atom. The highest BCUT2D eigenvalue weighted by Gasteiger charge is 2.37. The third kappa shape index (κ3) is 3.25. The van der Waals surface area contributed by atoms with E-state index in [1.54, 1.807) is 30.1 Å². The van der Waals surface area contributed by atoms with Crippen LogP contribution in [-0.2, 0) is 20.8 Å². The number of nitrogens with zero attached hydrogens (tertiary/aromatic N) is 1. The molecule has 1 aromatic rings. The highest BCUT2D eigenvalue weighted by Crippen LogP contribution is 2.12. The second-order valence-corrected chi connectivity index (χ2v) is 4.95. The zero-order valence-corrected chi connectivity index (χ0v) is 11.3. The van der Waals surface area contributed by atoms with Crippen LogP contribution in [0.4, 0.5) is 0 Å². The van der Waals surface area contributed by atoms with Crippen molar-refractivity contribution in [2.45, 2.75) is 6.54 Å². The molecule has 7 heteroatoms. The van der Waals surface area contributed by atoms with Crippen molar-refractivity contribution in [2.24, 2.45) is 11.7 Å². The Balaban J connectivity index is 2.02. The molecule has 2 rings (SSSR count). The van der Waals surface area contributed by atoms with Gasteiger partial charge in [0.05, 0.1) is 6.54 Å². The van der Waals surface area contributed by atoms with Crippen molar-refractivity contribution < 1.29 is 19.3 Å². The van der Waals surface area contributed by atoms with E-state index < -0.39 is 19.0 Å². The van der Waals surface area contributed by atoms with Crippen LogP contribution in [0.15, 0.2) is 24.3 Å². The van der Waals surface area contributed by atoms with Gasteiger partial charge < -0.3 is 15.4 Å². The predicted molar refractivity (Wildman–Crippen MR) is 74.0 cm³/mol. The summed E-state index contributed by atoms with van der Waals surface area (Å²) in [6.07, 6.45) is 0. The monoisotopic (exact) mass is 276 g/mol. The van der Waals surface area contributed by atoms with Crippen LogP contribution in [0.5, 0.6) is 0 Å². The molecule has 1 atom stereocenters. The van der Waals surface area contributed by atoms with E-state index in [2.05, 4.69) is 0 Å². The summed E-state index contributed by atoms with van der Waals surface area (Å²) in [6.45, 7) is 0.895. The number of likely N-dealkylation sites (N-methyl/N-ethyl adjacent to an activating group) is 1. The minimum atomic E-state index is -1.38. The van der Waals surface area contributed by atoms with E-state index in [0.717, 1.165) is 5.56 Å². The number of hydrogen-bond acceptors (Lipinski definition) is 6. The molecule has 0 saturated carbocycles. The molecule has 1 aliphatic rings. The van der Waals surface area contributed by atoms with Crippen molar-refractivity contribution in [2.75, 3.05) is 20.1 Å². The van der Waals surface area contributed by atoms with Crippen molar-refractivity contribution in [3.63, 3.8) is 0 Å². The molecular formula is C13H17BN2O4. The zero-order valence-electron chi connectivity index (χ0n) is 11.3. The van der Waals surface area contributed by atoms with Gasteiger partial charge in [0.15, 0.2) is 5.78 Å². The Hall–Kier alpha value is -1.70. The molecule has 1 aromatic carbocycles.